The predicted octanol–water partition coefficient (Wildman–Crippen LogP) is 2.91. The number of rotatable bonds is 2. The Kier molecular flexibility index (Phi) is 2.64. The molecule has 1 aromatic heterocycles. The average molecular weight is 224 g/mol. The lowest BCUT2D eigenvalue weighted by Crippen LogP contribution is -1.90. The van der Waals surface area contributed by atoms with Crippen LogP contribution in [-0.4, -0.2) is 19.2 Å². The van der Waals surface area contributed by atoms with Gasteiger partial charge in [-0.25, -0.2) is 0 Å². The molecule has 1 heterocycles. The van der Waals surface area contributed by atoms with Gasteiger partial charge < -0.3 is 9.47 Å². The molecule has 0 atom stereocenters. The quantitative estimate of drug-likeness (QED) is 0.785. The van der Waals surface area contributed by atoms with Crippen LogP contribution in [0, 0.1) is 0 Å². The topological polar surface area (TPSA) is 31.4 Å². The fourth-order valence-electron chi connectivity index (χ4n) is 1.44. The molecule has 0 aliphatic heterocycles. The first-order chi connectivity index (χ1) is 7.26. The van der Waals surface area contributed by atoms with Crippen molar-refractivity contribution in [1.29, 1.82) is 0 Å². The maximum atomic E-state index is 6.06. The summed E-state index contributed by atoms with van der Waals surface area (Å²) in [5.41, 5.74) is 0.741. The summed E-state index contributed by atoms with van der Waals surface area (Å²) in [6.07, 6.45) is 1.65. The van der Waals surface area contributed by atoms with Crippen LogP contribution in [0.4, 0.5) is 0 Å². The van der Waals surface area contributed by atoms with Crippen molar-refractivity contribution < 1.29 is 9.47 Å². The number of hydrogen-bond acceptors (Lipinski definition) is 3. The molecule has 78 valence electrons. The molecule has 1 aromatic carbocycles. The fraction of sp³-hybridized carbons (Fsp3) is 0.182. The summed E-state index contributed by atoms with van der Waals surface area (Å²) in [5, 5.41) is 1.47. The largest absolute Gasteiger partial charge is 0.497 e. The molecule has 15 heavy (non-hydrogen) atoms. The molecular formula is C11H10ClNO2. The minimum absolute atomic E-state index is 0.636. The molecule has 2 aromatic rings. The zero-order valence-corrected chi connectivity index (χ0v) is 9.21. The number of hydrogen-bond donors (Lipinski definition) is 0. The van der Waals surface area contributed by atoms with Crippen molar-refractivity contribution in [2.24, 2.45) is 0 Å². The van der Waals surface area contributed by atoms with Crippen molar-refractivity contribution in [3.63, 3.8) is 0 Å². The van der Waals surface area contributed by atoms with Crippen LogP contribution in [0.2, 0.25) is 5.02 Å². The van der Waals surface area contributed by atoms with Gasteiger partial charge in [0.25, 0.3) is 0 Å². The van der Waals surface area contributed by atoms with Gasteiger partial charge in [-0.2, -0.15) is 0 Å². The Morgan fingerprint density at radius 2 is 2.00 bits per heavy atom. The van der Waals surface area contributed by atoms with E-state index in [1.807, 2.05) is 6.07 Å². The van der Waals surface area contributed by atoms with Crippen molar-refractivity contribution in [1.82, 2.24) is 4.98 Å². The predicted molar refractivity (Wildman–Crippen MR) is 59.9 cm³/mol. The van der Waals surface area contributed by atoms with Gasteiger partial charge >= 0.3 is 0 Å². The molecule has 4 heteroatoms. The van der Waals surface area contributed by atoms with E-state index in [4.69, 9.17) is 21.1 Å². The molecule has 0 fully saturated rings. The van der Waals surface area contributed by atoms with Gasteiger partial charge in [0, 0.05) is 17.6 Å². The Hall–Kier alpha value is -1.48. The monoisotopic (exact) mass is 223 g/mol. The SMILES string of the molecule is COc1cc(OC)c2nccc(Cl)c2c1. The van der Waals surface area contributed by atoms with Gasteiger partial charge in [-0.3, -0.25) is 4.98 Å². The number of pyridine rings is 1. The van der Waals surface area contributed by atoms with E-state index in [1.54, 1.807) is 32.5 Å². The lowest BCUT2D eigenvalue weighted by atomic mass is 10.2. The van der Waals surface area contributed by atoms with Crippen molar-refractivity contribution in [3.8, 4) is 11.5 Å². The van der Waals surface area contributed by atoms with E-state index in [1.165, 1.54) is 0 Å². The molecule has 0 bridgehead atoms. The van der Waals surface area contributed by atoms with Crippen LogP contribution >= 0.6 is 11.6 Å². The molecule has 2 rings (SSSR count). The summed E-state index contributed by atoms with van der Waals surface area (Å²) in [6, 6.07) is 5.36. The Morgan fingerprint density at radius 1 is 1.20 bits per heavy atom. The molecule has 0 amide bonds. The molecule has 0 aliphatic carbocycles. The van der Waals surface area contributed by atoms with Gasteiger partial charge in [0.2, 0.25) is 0 Å². The second-order valence-electron chi connectivity index (χ2n) is 3.02. The smallest absolute Gasteiger partial charge is 0.148 e. The Labute approximate surface area is 92.6 Å². The van der Waals surface area contributed by atoms with E-state index in [0.717, 1.165) is 10.9 Å². The van der Waals surface area contributed by atoms with Crippen LogP contribution in [0.1, 0.15) is 0 Å². The molecule has 0 radical (unpaired) electrons. The first-order valence-electron chi connectivity index (χ1n) is 4.42. The molecule has 3 nitrogen and oxygen atoms in total. The third kappa shape index (κ3) is 1.70. The van der Waals surface area contributed by atoms with Crippen LogP contribution in [-0.2, 0) is 0 Å². The summed E-state index contributed by atoms with van der Waals surface area (Å²) >= 11 is 6.06. The van der Waals surface area contributed by atoms with Crippen molar-refractivity contribution >= 4 is 22.5 Å². The third-order valence-corrected chi connectivity index (χ3v) is 2.52. The minimum atomic E-state index is 0.636. The number of aromatic nitrogens is 1. The van der Waals surface area contributed by atoms with Crippen LogP contribution in [0.15, 0.2) is 24.4 Å². The van der Waals surface area contributed by atoms with Crippen molar-refractivity contribution in [2.75, 3.05) is 14.2 Å². The van der Waals surface area contributed by atoms with Gasteiger partial charge in [-0.15, -0.1) is 0 Å². The van der Waals surface area contributed by atoms with E-state index in [0.29, 0.717) is 16.5 Å². The Balaban J connectivity index is 2.80. The highest BCUT2D eigenvalue weighted by Gasteiger charge is 2.08. The summed E-state index contributed by atoms with van der Waals surface area (Å²) in [7, 11) is 3.20. The summed E-state index contributed by atoms with van der Waals surface area (Å²) in [5.74, 6) is 1.36. The molecule has 0 saturated heterocycles. The van der Waals surface area contributed by atoms with Crippen LogP contribution in [0.25, 0.3) is 10.9 Å². The molecular weight excluding hydrogens is 214 g/mol. The van der Waals surface area contributed by atoms with E-state index in [-0.39, 0.29) is 0 Å². The van der Waals surface area contributed by atoms with Gasteiger partial charge in [0.05, 0.1) is 19.2 Å². The fourth-order valence-corrected chi connectivity index (χ4v) is 1.64. The maximum Gasteiger partial charge on any atom is 0.148 e. The third-order valence-electron chi connectivity index (χ3n) is 2.19. The van der Waals surface area contributed by atoms with E-state index >= 15 is 0 Å². The lowest BCUT2D eigenvalue weighted by molar-refractivity contribution is 0.397. The average Bonchev–Trinajstić information content (AvgIpc) is 2.28. The highest BCUT2D eigenvalue weighted by atomic mass is 35.5. The van der Waals surface area contributed by atoms with Crippen LogP contribution in [0.5, 0.6) is 11.5 Å². The van der Waals surface area contributed by atoms with Gasteiger partial charge in [0.1, 0.15) is 17.0 Å². The summed E-state index contributed by atoms with van der Waals surface area (Å²) in [6.45, 7) is 0. The number of methoxy groups -OCH3 is 2. The van der Waals surface area contributed by atoms with Crippen LogP contribution in [0.3, 0.4) is 0 Å². The Morgan fingerprint density at radius 3 is 2.67 bits per heavy atom. The van der Waals surface area contributed by atoms with Gasteiger partial charge in [-0.1, -0.05) is 11.6 Å². The van der Waals surface area contributed by atoms with Gasteiger partial charge in [0.15, 0.2) is 0 Å². The lowest BCUT2D eigenvalue weighted by Gasteiger charge is -2.08. The molecule has 0 unspecified atom stereocenters. The van der Waals surface area contributed by atoms with E-state index < -0.39 is 0 Å². The second-order valence-corrected chi connectivity index (χ2v) is 3.43. The normalized spacial score (nSPS) is 10.3. The Bertz CT molecular complexity index is 499. The first-order valence-corrected chi connectivity index (χ1v) is 4.80. The summed E-state index contributed by atoms with van der Waals surface area (Å²) in [4.78, 5) is 4.22. The highest BCUT2D eigenvalue weighted by molar-refractivity contribution is 6.35. The highest BCUT2D eigenvalue weighted by Crippen LogP contribution is 2.33. The van der Waals surface area contributed by atoms with Crippen LogP contribution < -0.4 is 9.47 Å². The van der Waals surface area contributed by atoms with Crippen molar-refractivity contribution in [3.05, 3.63) is 29.4 Å². The van der Waals surface area contributed by atoms with Gasteiger partial charge in [-0.05, 0) is 12.1 Å². The van der Waals surface area contributed by atoms with E-state index in [2.05, 4.69) is 4.98 Å². The summed E-state index contributed by atoms with van der Waals surface area (Å²) < 4.78 is 10.4. The molecule has 0 N–H and O–H groups in total. The number of benzene rings is 1. The maximum absolute atomic E-state index is 6.06. The molecule has 0 saturated carbocycles. The minimum Gasteiger partial charge on any atom is -0.497 e. The standard InChI is InChI=1S/C11H10ClNO2/c1-14-7-5-8-9(12)3-4-13-11(8)10(6-7)15-2/h3-6H,1-2H3. The zero-order chi connectivity index (χ0) is 10.8. The second kappa shape index (κ2) is 3.95. The molecule has 0 spiro atoms. The van der Waals surface area contributed by atoms with E-state index in [9.17, 15) is 0 Å². The number of halogens is 1. The number of fused-ring (bicyclic) bond motifs is 1. The number of ether oxygens (including phenoxy) is 2. The zero-order valence-electron chi connectivity index (χ0n) is 8.45. The number of nitrogens with zero attached hydrogens (tertiary/aromatic N) is 1. The first kappa shape index (κ1) is 10.1. The van der Waals surface area contributed by atoms with Crippen molar-refractivity contribution in [2.45, 2.75) is 0 Å². The molecule has 0 aliphatic rings.